The summed E-state index contributed by atoms with van der Waals surface area (Å²) in [6, 6.07) is 11.3. The number of nitrogens with two attached hydrogens (primary N) is 1. The smallest absolute Gasteiger partial charge is 0.0656 e. The molecule has 0 spiro atoms. The van der Waals surface area contributed by atoms with E-state index in [2.05, 4.69) is 18.7 Å². The van der Waals surface area contributed by atoms with E-state index in [1.165, 1.54) is 19.3 Å². The second-order valence-electron chi connectivity index (χ2n) is 6.16. The van der Waals surface area contributed by atoms with Crippen molar-refractivity contribution in [3.8, 4) is 0 Å². The first kappa shape index (κ1) is 15.5. The number of benzene rings is 1. The molecule has 20 heavy (non-hydrogen) atoms. The fourth-order valence-corrected chi connectivity index (χ4v) is 3.38. The third-order valence-electron chi connectivity index (χ3n) is 4.87. The first-order chi connectivity index (χ1) is 9.60. The average Bonchev–Trinajstić information content (AvgIpc) is 2.86. The van der Waals surface area contributed by atoms with Gasteiger partial charge in [0.25, 0.3) is 0 Å². The largest absolute Gasteiger partial charge is 0.394 e. The normalized spacial score (nSPS) is 26.6. The molecule has 1 aromatic carbocycles. The zero-order valence-corrected chi connectivity index (χ0v) is 12.8. The van der Waals surface area contributed by atoms with E-state index in [-0.39, 0.29) is 6.61 Å². The minimum absolute atomic E-state index is 0.00394. The van der Waals surface area contributed by atoms with Crippen LogP contribution in [-0.4, -0.2) is 35.2 Å². The molecule has 3 nitrogen and oxygen atoms in total. The summed E-state index contributed by atoms with van der Waals surface area (Å²) < 4.78 is 0. The molecule has 3 N–H and O–H groups in total. The monoisotopic (exact) mass is 276 g/mol. The van der Waals surface area contributed by atoms with Gasteiger partial charge in [0.15, 0.2) is 0 Å². The zero-order valence-electron chi connectivity index (χ0n) is 12.8. The lowest BCUT2D eigenvalue weighted by atomic mass is 9.88. The van der Waals surface area contributed by atoms with Crippen molar-refractivity contribution in [2.24, 2.45) is 5.73 Å². The third-order valence-corrected chi connectivity index (χ3v) is 4.87. The number of rotatable bonds is 6. The van der Waals surface area contributed by atoms with Crippen molar-refractivity contribution < 1.29 is 5.11 Å². The molecule has 0 radical (unpaired) electrons. The lowest BCUT2D eigenvalue weighted by Crippen LogP contribution is -2.45. The average molecular weight is 276 g/mol. The molecule has 1 aliphatic heterocycles. The Morgan fingerprint density at radius 3 is 2.60 bits per heavy atom. The Hall–Kier alpha value is -0.900. The Kier molecular flexibility index (Phi) is 5.19. The van der Waals surface area contributed by atoms with Crippen LogP contribution in [0.25, 0.3) is 0 Å². The number of hydrogen-bond acceptors (Lipinski definition) is 3. The Morgan fingerprint density at radius 2 is 2.00 bits per heavy atom. The van der Waals surface area contributed by atoms with E-state index < -0.39 is 5.54 Å². The minimum atomic E-state index is -0.623. The van der Waals surface area contributed by atoms with Gasteiger partial charge in [0.1, 0.15) is 0 Å². The van der Waals surface area contributed by atoms with Crippen molar-refractivity contribution in [2.75, 3.05) is 13.2 Å². The van der Waals surface area contributed by atoms with Gasteiger partial charge < -0.3 is 10.8 Å². The van der Waals surface area contributed by atoms with Crippen molar-refractivity contribution in [3.63, 3.8) is 0 Å². The number of aliphatic hydroxyl groups excluding tert-OH is 1. The predicted molar refractivity (Wildman–Crippen MR) is 83.5 cm³/mol. The van der Waals surface area contributed by atoms with E-state index in [0.29, 0.717) is 12.1 Å². The first-order valence-electron chi connectivity index (χ1n) is 7.81. The fourth-order valence-electron chi connectivity index (χ4n) is 3.38. The number of nitrogens with zero attached hydrogens (tertiary/aromatic N) is 1. The van der Waals surface area contributed by atoms with Gasteiger partial charge in [0, 0.05) is 18.6 Å². The summed E-state index contributed by atoms with van der Waals surface area (Å²) in [5.41, 5.74) is 6.86. The highest BCUT2D eigenvalue weighted by molar-refractivity contribution is 5.24. The Labute approximate surface area is 122 Å². The minimum Gasteiger partial charge on any atom is -0.394 e. The van der Waals surface area contributed by atoms with Crippen LogP contribution in [0.3, 0.4) is 0 Å². The van der Waals surface area contributed by atoms with Crippen LogP contribution in [-0.2, 0) is 5.54 Å². The predicted octanol–water partition coefficient (Wildman–Crippen LogP) is 2.49. The second-order valence-corrected chi connectivity index (χ2v) is 6.16. The van der Waals surface area contributed by atoms with Crippen LogP contribution in [0.15, 0.2) is 30.3 Å². The van der Waals surface area contributed by atoms with Crippen LogP contribution in [0, 0.1) is 0 Å². The van der Waals surface area contributed by atoms with Gasteiger partial charge in [-0.3, -0.25) is 4.90 Å². The van der Waals surface area contributed by atoms with Crippen molar-refractivity contribution in [3.05, 3.63) is 35.9 Å². The molecule has 0 aromatic heterocycles. The molecule has 1 aromatic rings. The summed E-state index contributed by atoms with van der Waals surface area (Å²) in [5, 5.41) is 9.76. The quantitative estimate of drug-likeness (QED) is 0.839. The van der Waals surface area contributed by atoms with Gasteiger partial charge in [0.2, 0.25) is 0 Å². The van der Waals surface area contributed by atoms with E-state index in [9.17, 15) is 5.11 Å². The molecule has 3 unspecified atom stereocenters. The summed E-state index contributed by atoms with van der Waals surface area (Å²) in [7, 11) is 0. The van der Waals surface area contributed by atoms with Gasteiger partial charge in [-0.15, -0.1) is 0 Å². The van der Waals surface area contributed by atoms with Crippen LogP contribution in [0.2, 0.25) is 0 Å². The van der Waals surface area contributed by atoms with Gasteiger partial charge in [-0.25, -0.2) is 0 Å². The van der Waals surface area contributed by atoms with Crippen molar-refractivity contribution in [1.82, 2.24) is 4.90 Å². The fraction of sp³-hybridized carbons (Fsp3) is 0.647. The molecule has 1 fully saturated rings. The van der Waals surface area contributed by atoms with Crippen molar-refractivity contribution in [2.45, 2.75) is 57.2 Å². The summed E-state index contributed by atoms with van der Waals surface area (Å²) in [6.07, 6.45) is 4.57. The summed E-state index contributed by atoms with van der Waals surface area (Å²) in [6.45, 7) is 5.52. The maximum absolute atomic E-state index is 9.76. The summed E-state index contributed by atoms with van der Waals surface area (Å²) in [4.78, 5) is 2.57. The Balaban J connectivity index is 2.04. The zero-order chi connectivity index (χ0) is 14.6. The first-order valence-corrected chi connectivity index (χ1v) is 7.81. The second kappa shape index (κ2) is 6.70. The molecule has 1 saturated heterocycles. The highest BCUT2D eigenvalue weighted by atomic mass is 16.3. The van der Waals surface area contributed by atoms with Crippen LogP contribution >= 0.6 is 0 Å². The van der Waals surface area contributed by atoms with Gasteiger partial charge in [0.05, 0.1) is 12.1 Å². The molecule has 3 atom stereocenters. The summed E-state index contributed by atoms with van der Waals surface area (Å²) in [5.74, 6) is 0. The van der Waals surface area contributed by atoms with Crippen molar-refractivity contribution >= 4 is 0 Å². The van der Waals surface area contributed by atoms with Crippen LogP contribution < -0.4 is 5.73 Å². The van der Waals surface area contributed by atoms with Gasteiger partial charge in [-0.1, -0.05) is 37.3 Å². The standard InChI is InChI=1S/C17H28N2O/c1-3-16-10-9-14(2)19(16)12-11-17(18,13-20)15-7-5-4-6-8-15/h4-8,14,16,20H,3,9-13,18H2,1-2H3. The lowest BCUT2D eigenvalue weighted by Gasteiger charge is -2.34. The molecule has 0 amide bonds. The number of aliphatic hydroxyl groups is 1. The molecule has 0 saturated carbocycles. The molecule has 112 valence electrons. The van der Waals surface area contributed by atoms with E-state index in [4.69, 9.17) is 5.73 Å². The summed E-state index contributed by atoms with van der Waals surface area (Å²) >= 11 is 0. The van der Waals surface area contributed by atoms with Crippen LogP contribution in [0.5, 0.6) is 0 Å². The molecular formula is C17H28N2O. The van der Waals surface area contributed by atoms with Crippen LogP contribution in [0.1, 0.15) is 45.1 Å². The SMILES string of the molecule is CCC1CCC(C)N1CCC(N)(CO)c1ccccc1. The molecule has 0 bridgehead atoms. The number of hydrogen-bond donors (Lipinski definition) is 2. The van der Waals surface area contributed by atoms with Crippen molar-refractivity contribution in [1.29, 1.82) is 0 Å². The van der Waals surface area contributed by atoms with E-state index in [0.717, 1.165) is 18.5 Å². The van der Waals surface area contributed by atoms with E-state index in [1.54, 1.807) is 0 Å². The van der Waals surface area contributed by atoms with Gasteiger partial charge in [-0.2, -0.15) is 0 Å². The highest BCUT2D eigenvalue weighted by Gasteiger charge is 2.32. The third kappa shape index (κ3) is 3.22. The Bertz CT molecular complexity index is 409. The van der Waals surface area contributed by atoms with Gasteiger partial charge in [-0.05, 0) is 38.2 Å². The molecular weight excluding hydrogens is 248 g/mol. The highest BCUT2D eigenvalue weighted by Crippen LogP contribution is 2.29. The topological polar surface area (TPSA) is 49.5 Å². The molecule has 1 aliphatic rings. The van der Waals surface area contributed by atoms with Gasteiger partial charge >= 0.3 is 0 Å². The maximum Gasteiger partial charge on any atom is 0.0656 e. The Morgan fingerprint density at radius 1 is 1.30 bits per heavy atom. The van der Waals surface area contributed by atoms with Crippen LogP contribution in [0.4, 0.5) is 0 Å². The van der Waals surface area contributed by atoms with E-state index in [1.807, 2.05) is 30.3 Å². The molecule has 2 rings (SSSR count). The molecule has 1 heterocycles. The molecule has 0 aliphatic carbocycles. The maximum atomic E-state index is 9.76. The lowest BCUT2D eigenvalue weighted by molar-refractivity contribution is 0.140. The molecule has 3 heteroatoms. The van der Waals surface area contributed by atoms with E-state index >= 15 is 0 Å². The number of likely N-dealkylation sites (tertiary alicyclic amines) is 1.